The zero-order valence-electron chi connectivity index (χ0n) is 20.7. The van der Waals surface area contributed by atoms with Gasteiger partial charge in [-0.2, -0.15) is 0 Å². The van der Waals surface area contributed by atoms with Crippen LogP contribution in [-0.4, -0.2) is 59.1 Å². The van der Waals surface area contributed by atoms with Gasteiger partial charge in [-0.05, 0) is 44.4 Å². The Hall–Kier alpha value is -1.89. The molecule has 1 saturated heterocycles. The van der Waals surface area contributed by atoms with Crippen molar-refractivity contribution in [1.82, 2.24) is 10.2 Å². The Kier molecular flexibility index (Phi) is 8.96. The van der Waals surface area contributed by atoms with E-state index in [1.807, 2.05) is 32.9 Å². The molecule has 0 radical (unpaired) electrons. The highest BCUT2D eigenvalue weighted by atomic mass is 16.5. The molecule has 0 spiro atoms. The summed E-state index contributed by atoms with van der Waals surface area (Å²) in [6.07, 6.45) is 10.6. The third kappa shape index (κ3) is 5.44. The van der Waals surface area contributed by atoms with Crippen molar-refractivity contribution in [2.24, 2.45) is 29.6 Å². The molecule has 7 heteroatoms. The number of hydrogen-bond donors (Lipinski definition) is 2. The maximum atomic E-state index is 13.9. The summed E-state index contributed by atoms with van der Waals surface area (Å²) in [5.41, 5.74) is 0. The van der Waals surface area contributed by atoms with Gasteiger partial charge < -0.3 is 20.1 Å². The summed E-state index contributed by atoms with van der Waals surface area (Å²) in [6, 6.07) is -1.05. The van der Waals surface area contributed by atoms with E-state index in [4.69, 9.17) is 4.74 Å². The van der Waals surface area contributed by atoms with Gasteiger partial charge in [-0.15, -0.1) is 0 Å². The van der Waals surface area contributed by atoms with Crippen LogP contribution in [0.1, 0.15) is 72.6 Å². The number of nitrogens with one attached hydrogen (secondary N) is 1. The van der Waals surface area contributed by atoms with Gasteiger partial charge in [-0.3, -0.25) is 14.4 Å². The number of likely N-dealkylation sites (tertiary alicyclic amines) is 1. The van der Waals surface area contributed by atoms with E-state index in [1.54, 1.807) is 11.8 Å². The minimum atomic E-state index is -0.716. The second kappa shape index (κ2) is 11.5. The lowest BCUT2D eigenvalue weighted by atomic mass is 9.69. The second-order valence-corrected chi connectivity index (χ2v) is 10.3. The van der Waals surface area contributed by atoms with E-state index >= 15 is 0 Å². The Morgan fingerprint density at radius 1 is 1.18 bits per heavy atom. The molecule has 2 fully saturated rings. The second-order valence-electron chi connectivity index (χ2n) is 10.3. The van der Waals surface area contributed by atoms with Crippen molar-refractivity contribution in [2.45, 2.75) is 90.8 Å². The van der Waals surface area contributed by atoms with E-state index in [0.717, 1.165) is 25.7 Å². The minimum absolute atomic E-state index is 0.103. The number of nitrogens with zero attached hydrogens (tertiary/aromatic N) is 1. The molecule has 0 unspecified atom stereocenters. The van der Waals surface area contributed by atoms with Crippen molar-refractivity contribution in [3.8, 4) is 0 Å². The normalized spacial score (nSPS) is 30.9. The zero-order valence-corrected chi connectivity index (χ0v) is 20.7. The van der Waals surface area contributed by atoms with E-state index in [2.05, 4.69) is 5.32 Å². The first-order chi connectivity index (χ1) is 15.8. The fourth-order valence-electron chi connectivity index (χ4n) is 6.14. The van der Waals surface area contributed by atoms with Crippen molar-refractivity contribution in [2.75, 3.05) is 13.2 Å². The number of allylic oxidation sites excluding steroid dienone is 1. The van der Waals surface area contributed by atoms with Crippen LogP contribution in [-0.2, 0) is 19.1 Å². The highest BCUT2D eigenvalue weighted by Crippen LogP contribution is 2.46. The van der Waals surface area contributed by atoms with Gasteiger partial charge in [-0.25, -0.2) is 0 Å². The fraction of sp³-hybridized carbons (Fsp3) is 0.808. The summed E-state index contributed by atoms with van der Waals surface area (Å²) < 4.78 is 5.38. The highest BCUT2D eigenvalue weighted by molar-refractivity contribution is 5.96. The number of fused-ring (bicyclic) bond motifs is 1. The number of esters is 1. The summed E-state index contributed by atoms with van der Waals surface area (Å²) in [4.78, 5) is 42.2. The molecule has 6 atom stereocenters. The SMILES string of the molecule is CCOC(=O)[C@H]1[C@@H]2C(=O)N([C@@H](CO)CC(C)C)[C@H](C(=O)NC3CCCCC3)[C@H]2C=C[C@H]1CC. The molecule has 33 heavy (non-hydrogen) atoms. The molecule has 1 heterocycles. The van der Waals surface area contributed by atoms with Crippen LogP contribution in [0.4, 0.5) is 0 Å². The standard InChI is InChI=1S/C26H42N2O5/c1-5-17-12-13-20-22(21(17)26(32)33-6-2)25(31)28(19(15-29)14-16(3)4)23(20)24(30)27-18-10-8-7-9-11-18/h12-13,16-23,29H,5-11,14-15H2,1-4H3,(H,27,30)/t17-,19-,20+,21-,22-,23+/m1/s1. The van der Waals surface area contributed by atoms with Gasteiger partial charge in [0.2, 0.25) is 11.8 Å². The van der Waals surface area contributed by atoms with Crippen LogP contribution >= 0.6 is 0 Å². The zero-order chi connectivity index (χ0) is 24.1. The number of aliphatic hydroxyl groups excluding tert-OH is 1. The van der Waals surface area contributed by atoms with Gasteiger partial charge in [0.1, 0.15) is 6.04 Å². The third-order valence-electron chi connectivity index (χ3n) is 7.65. The predicted molar refractivity (Wildman–Crippen MR) is 126 cm³/mol. The average Bonchev–Trinajstić information content (AvgIpc) is 3.09. The Morgan fingerprint density at radius 2 is 1.88 bits per heavy atom. The molecule has 0 bridgehead atoms. The van der Waals surface area contributed by atoms with Crippen LogP contribution in [0.3, 0.4) is 0 Å². The molecule has 1 aliphatic heterocycles. The fourth-order valence-corrected chi connectivity index (χ4v) is 6.14. The maximum absolute atomic E-state index is 13.9. The molecule has 7 nitrogen and oxygen atoms in total. The molecule has 3 rings (SSSR count). The monoisotopic (exact) mass is 462 g/mol. The van der Waals surface area contributed by atoms with Crippen molar-refractivity contribution < 1.29 is 24.2 Å². The Morgan fingerprint density at radius 3 is 2.45 bits per heavy atom. The Bertz CT molecular complexity index is 730. The molecule has 2 N–H and O–H groups in total. The first kappa shape index (κ1) is 25.7. The van der Waals surface area contributed by atoms with E-state index in [-0.39, 0.29) is 48.9 Å². The number of carbonyl (C=O) groups excluding carboxylic acids is 3. The quantitative estimate of drug-likeness (QED) is 0.406. The topological polar surface area (TPSA) is 95.9 Å². The molecular weight excluding hydrogens is 420 g/mol. The van der Waals surface area contributed by atoms with Crippen LogP contribution < -0.4 is 5.32 Å². The molecule has 186 valence electrons. The first-order valence-corrected chi connectivity index (χ1v) is 12.9. The van der Waals surface area contributed by atoms with Crippen molar-refractivity contribution in [3.63, 3.8) is 0 Å². The lowest BCUT2D eigenvalue weighted by molar-refractivity contribution is -0.156. The smallest absolute Gasteiger partial charge is 0.310 e. The largest absolute Gasteiger partial charge is 0.466 e. The molecule has 2 amide bonds. The molecule has 0 aromatic carbocycles. The summed E-state index contributed by atoms with van der Waals surface area (Å²) in [6.45, 7) is 7.90. The van der Waals surface area contributed by atoms with Crippen molar-refractivity contribution in [1.29, 1.82) is 0 Å². The molecular formula is C26H42N2O5. The first-order valence-electron chi connectivity index (χ1n) is 12.9. The van der Waals surface area contributed by atoms with E-state index in [0.29, 0.717) is 12.8 Å². The number of hydrogen-bond acceptors (Lipinski definition) is 5. The van der Waals surface area contributed by atoms with Gasteiger partial charge in [0, 0.05) is 12.0 Å². The van der Waals surface area contributed by atoms with Crippen molar-refractivity contribution in [3.05, 3.63) is 12.2 Å². The summed E-state index contributed by atoms with van der Waals surface area (Å²) in [7, 11) is 0. The van der Waals surface area contributed by atoms with E-state index in [1.165, 1.54) is 6.42 Å². The van der Waals surface area contributed by atoms with Gasteiger partial charge in [-0.1, -0.05) is 52.2 Å². The van der Waals surface area contributed by atoms with Crippen molar-refractivity contribution >= 4 is 17.8 Å². The molecule has 1 saturated carbocycles. The third-order valence-corrected chi connectivity index (χ3v) is 7.65. The number of aliphatic hydroxyl groups is 1. The highest BCUT2D eigenvalue weighted by Gasteiger charge is 2.58. The van der Waals surface area contributed by atoms with E-state index < -0.39 is 29.8 Å². The lowest BCUT2D eigenvalue weighted by Gasteiger charge is -2.35. The number of amides is 2. The molecule has 0 aromatic heterocycles. The van der Waals surface area contributed by atoms with Crippen LogP contribution in [0.15, 0.2) is 12.2 Å². The average molecular weight is 463 g/mol. The van der Waals surface area contributed by atoms with E-state index in [9.17, 15) is 19.5 Å². The molecule has 3 aliphatic rings. The predicted octanol–water partition coefficient (Wildman–Crippen LogP) is 3.06. The van der Waals surface area contributed by atoms with Gasteiger partial charge in [0.25, 0.3) is 0 Å². The summed E-state index contributed by atoms with van der Waals surface area (Å²) in [5.74, 6) is -2.23. The maximum Gasteiger partial charge on any atom is 0.310 e. The van der Waals surface area contributed by atoms with Gasteiger partial charge in [0.15, 0.2) is 0 Å². The number of ether oxygens (including phenoxy) is 1. The molecule has 2 aliphatic carbocycles. The Labute approximate surface area is 198 Å². The van der Waals surface area contributed by atoms with Gasteiger partial charge in [0.05, 0.1) is 31.1 Å². The van der Waals surface area contributed by atoms with Crippen LogP contribution in [0, 0.1) is 29.6 Å². The number of rotatable bonds is 9. The lowest BCUT2D eigenvalue weighted by Crippen LogP contribution is -2.54. The van der Waals surface area contributed by atoms with Gasteiger partial charge >= 0.3 is 5.97 Å². The summed E-state index contributed by atoms with van der Waals surface area (Å²) >= 11 is 0. The molecule has 0 aromatic rings. The minimum Gasteiger partial charge on any atom is -0.466 e. The summed E-state index contributed by atoms with van der Waals surface area (Å²) in [5, 5.41) is 13.4. The van der Waals surface area contributed by atoms with Crippen LogP contribution in [0.25, 0.3) is 0 Å². The van der Waals surface area contributed by atoms with Crippen LogP contribution in [0.2, 0.25) is 0 Å². The Balaban J connectivity index is 1.98. The number of carbonyl (C=O) groups is 3. The van der Waals surface area contributed by atoms with Crippen LogP contribution in [0.5, 0.6) is 0 Å².